The Kier molecular flexibility index (Phi) is 6.72. The fraction of sp³-hybridized carbons (Fsp3) is 0.226. The Hall–Kier alpha value is -4.46. The van der Waals surface area contributed by atoms with Crippen molar-refractivity contribution in [2.24, 2.45) is 0 Å². The SMILES string of the molecule is CCOC(=O)C1=CN(C(=O)c2ccc(F)c(F)c2)CC(C)(C)c2c1[nH]c1cc(-c3cccc(OC)c3)ccc21. The van der Waals surface area contributed by atoms with Crippen molar-refractivity contribution in [3.8, 4) is 16.9 Å². The lowest BCUT2D eigenvalue weighted by Crippen LogP contribution is -2.37. The van der Waals surface area contributed by atoms with Crippen LogP contribution in [0.2, 0.25) is 0 Å². The molecule has 1 aliphatic rings. The lowest BCUT2D eigenvalue weighted by Gasteiger charge is -2.29. The summed E-state index contributed by atoms with van der Waals surface area (Å²) in [6, 6.07) is 16.8. The molecule has 4 aromatic rings. The lowest BCUT2D eigenvalue weighted by molar-refractivity contribution is -0.136. The molecule has 0 aliphatic carbocycles. The average Bonchev–Trinajstić information content (AvgIpc) is 3.26. The Labute approximate surface area is 224 Å². The van der Waals surface area contributed by atoms with Crippen LogP contribution in [-0.2, 0) is 14.9 Å². The molecule has 39 heavy (non-hydrogen) atoms. The van der Waals surface area contributed by atoms with E-state index in [1.54, 1.807) is 14.0 Å². The molecular formula is C31H28F2N2O4. The van der Waals surface area contributed by atoms with Crippen LogP contribution in [0.3, 0.4) is 0 Å². The minimum Gasteiger partial charge on any atom is -0.497 e. The van der Waals surface area contributed by atoms with Gasteiger partial charge in [-0.1, -0.05) is 38.1 Å². The highest BCUT2D eigenvalue weighted by atomic mass is 19.2. The predicted molar refractivity (Wildman–Crippen MR) is 145 cm³/mol. The largest absolute Gasteiger partial charge is 0.497 e. The number of ether oxygens (including phenoxy) is 2. The maximum Gasteiger partial charge on any atom is 0.341 e. The normalized spacial score (nSPS) is 14.4. The third kappa shape index (κ3) is 4.78. The molecule has 0 fully saturated rings. The van der Waals surface area contributed by atoms with Crippen LogP contribution in [0.1, 0.15) is 42.4 Å². The van der Waals surface area contributed by atoms with Crippen LogP contribution in [0.5, 0.6) is 5.75 Å². The summed E-state index contributed by atoms with van der Waals surface area (Å²) in [7, 11) is 1.62. The second-order valence-corrected chi connectivity index (χ2v) is 10.1. The van der Waals surface area contributed by atoms with Gasteiger partial charge in [0.15, 0.2) is 11.6 Å². The fourth-order valence-corrected chi connectivity index (χ4v) is 5.14. The summed E-state index contributed by atoms with van der Waals surface area (Å²) >= 11 is 0. The Morgan fingerprint density at radius 1 is 1.00 bits per heavy atom. The monoisotopic (exact) mass is 530 g/mol. The van der Waals surface area contributed by atoms with Crippen LogP contribution >= 0.6 is 0 Å². The summed E-state index contributed by atoms with van der Waals surface area (Å²) in [5.41, 5.74) is 3.69. The van der Waals surface area contributed by atoms with Crippen LogP contribution in [-0.4, -0.2) is 42.0 Å². The molecule has 0 saturated heterocycles. The van der Waals surface area contributed by atoms with Crippen molar-refractivity contribution in [2.75, 3.05) is 20.3 Å². The van der Waals surface area contributed by atoms with Crippen molar-refractivity contribution in [3.05, 3.63) is 95.3 Å². The van der Waals surface area contributed by atoms with Gasteiger partial charge >= 0.3 is 5.97 Å². The fourth-order valence-electron chi connectivity index (χ4n) is 5.14. The van der Waals surface area contributed by atoms with Gasteiger partial charge in [-0.05, 0) is 60.0 Å². The van der Waals surface area contributed by atoms with Crippen molar-refractivity contribution in [1.29, 1.82) is 0 Å². The predicted octanol–water partition coefficient (Wildman–Crippen LogP) is 6.46. The van der Waals surface area contributed by atoms with E-state index in [2.05, 4.69) is 4.98 Å². The van der Waals surface area contributed by atoms with Gasteiger partial charge < -0.3 is 19.4 Å². The van der Waals surface area contributed by atoms with Crippen molar-refractivity contribution < 1.29 is 27.8 Å². The van der Waals surface area contributed by atoms with Crippen LogP contribution in [0.4, 0.5) is 8.78 Å². The van der Waals surface area contributed by atoms with Crippen molar-refractivity contribution >= 4 is 28.4 Å². The number of benzene rings is 3. The number of H-pyrrole nitrogens is 1. The maximum absolute atomic E-state index is 13.9. The number of carbonyl (C=O) groups excluding carboxylic acids is 2. The zero-order chi connectivity index (χ0) is 27.9. The van der Waals surface area contributed by atoms with E-state index in [-0.39, 0.29) is 24.3 Å². The summed E-state index contributed by atoms with van der Waals surface area (Å²) in [5.74, 6) is -2.57. The van der Waals surface area contributed by atoms with Crippen LogP contribution in [0, 0.1) is 11.6 Å². The number of amides is 1. The molecule has 200 valence electrons. The zero-order valence-corrected chi connectivity index (χ0v) is 22.1. The minimum absolute atomic E-state index is 0.0255. The summed E-state index contributed by atoms with van der Waals surface area (Å²) < 4.78 is 38.2. The van der Waals surface area contributed by atoms with E-state index in [9.17, 15) is 18.4 Å². The van der Waals surface area contributed by atoms with Gasteiger partial charge in [-0.3, -0.25) is 4.79 Å². The highest BCUT2D eigenvalue weighted by Gasteiger charge is 2.37. The van der Waals surface area contributed by atoms with Crippen LogP contribution in [0.15, 0.2) is 66.9 Å². The van der Waals surface area contributed by atoms with Crippen LogP contribution in [0.25, 0.3) is 27.6 Å². The number of carbonyl (C=O) groups is 2. The molecular weight excluding hydrogens is 502 g/mol. The van der Waals surface area contributed by atoms with Gasteiger partial charge in [-0.2, -0.15) is 0 Å². The van der Waals surface area contributed by atoms with Crippen molar-refractivity contribution in [1.82, 2.24) is 9.88 Å². The van der Waals surface area contributed by atoms with E-state index in [0.717, 1.165) is 45.5 Å². The summed E-state index contributed by atoms with van der Waals surface area (Å²) in [6.45, 7) is 5.98. The van der Waals surface area contributed by atoms with Gasteiger partial charge in [0.2, 0.25) is 0 Å². The molecule has 1 N–H and O–H groups in total. The third-order valence-electron chi connectivity index (χ3n) is 6.92. The second-order valence-electron chi connectivity index (χ2n) is 10.1. The molecule has 3 aromatic carbocycles. The molecule has 0 bridgehead atoms. The van der Waals surface area contributed by atoms with E-state index < -0.39 is 28.9 Å². The Morgan fingerprint density at radius 3 is 2.49 bits per heavy atom. The van der Waals surface area contributed by atoms with E-state index >= 15 is 0 Å². The van der Waals surface area contributed by atoms with Crippen molar-refractivity contribution in [3.63, 3.8) is 0 Å². The number of esters is 1. The van der Waals surface area contributed by atoms with Gasteiger partial charge in [-0.25, -0.2) is 13.6 Å². The van der Waals surface area contributed by atoms with Gasteiger partial charge in [0.05, 0.1) is 25.0 Å². The second kappa shape index (κ2) is 10.0. The van der Waals surface area contributed by atoms with Gasteiger partial charge in [0.25, 0.3) is 5.91 Å². The Bertz CT molecular complexity index is 1640. The first-order valence-electron chi connectivity index (χ1n) is 12.6. The number of nitrogens with zero attached hydrogens (tertiary/aromatic N) is 1. The average molecular weight is 531 g/mol. The topological polar surface area (TPSA) is 71.6 Å². The van der Waals surface area contributed by atoms with Gasteiger partial charge in [0, 0.05) is 34.6 Å². The van der Waals surface area contributed by atoms with Crippen molar-refractivity contribution in [2.45, 2.75) is 26.2 Å². The summed E-state index contributed by atoms with van der Waals surface area (Å²) in [4.78, 5) is 31.4. The molecule has 0 atom stereocenters. The van der Waals surface area contributed by atoms with E-state index in [1.165, 1.54) is 17.2 Å². The quantitative estimate of drug-likeness (QED) is 0.301. The molecule has 1 aromatic heterocycles. The van der Waals surface area contributed by atoms with E-state index in [0.29, 0.717) is 5.69 Å². The first-order valence-corrected chi connectivity index (χ1v) is 12.6. The summed E-state index contributed by atoms with van der Waals surface area (Å²) in [5, 5.41) is 0.902. The number of nitrogens with one attached hydrogen (secondary N) is 1. The molecule has 1 aliphatic heterocycles. The number of aromatic amines is 1. The highest BCUT2D eigenvalue weighted by Crippen LogP contribution is 2.41. The first kappa shape index (κ1) is 26.2. The Morgan fingerprint density at radius 2 is 1.77 bits per heavy atom. The van der Waals surface area contributed by atoms with E-state index in [1.807, 2.05) is 56.3 Å². The lowest BCUT2D eigenvalue weighted by atomic mass is 9.81. The zero-order valence-electron chi connectivity index (χ0n) is 22.1. The number of methoxy groups -OCH3 is 1. The number of rotatable bonds is 5. The molecule has 5 rings (SSSR count). The smallest absolute Gasteiger partial charge is 0.341 e. The highest BCUT2D eigenvalue weighted by molar-refractivity contribution is 6.18. The molecule has 8 heteroatoms. The standard InChI is InChI=1S/C31H28F2N2O4/c1-5-39-30(37)23-16-35(29(36)20-10-12-24(32)25(33)14-20)17-31(2,3)27-22-11-9-19(15-26(22)34-28(23)27)18-7-6-8-21(13-18)38-4/h6-16,34H,5,17H2,1-4H3. The van der Waals surface area contributed by atoms with Gasteiger partial charge in [-0.15, -0.1) is 0 Å². The molecule has 2 heterocycles. The number of halogens is 2. The summed E-state index contributed by atoms with van der Waals surface area (Å²) in [6.07, 6.45) is 1.44. The first-order chi connectivity index (χ1) is 18.6. The molecule has 6 nitrogen and oxygen atoms in total. The molecule has 0 spiro atoms. The number of hydrogen-bond donors (Lipinski definition) is 1. The molecule has 0 saturated carbocycles. The van der Waals surface area contributed by atoms with Crippen LogP contribution < -0.4 is 4.74 Å². The molecule has 0 radical (unpaired) electrons. The van der Waals surface area contributed by atoms with Gasteiger partial charge in [0.1, 0.15) is 5.75 Å². The number of hydrogen-bond acceptors (Lipinski definition) is 4. The van der Waals surface area contributed by atoms with E-state index in [4.69, 9.17) is 9.47 Å². The Balaban J connectivity index is 1.66. The third-order valence-corrected chi connectivity index (χ3v) is 6.92. The molecule has 0 unspecified atom stereocenters. The molecule has 1 amide bonds. The minimum atomic E-state index is -1.12. The maximum atomic E-state index is 13.9. The number of aromatic nitrogens is 1. The number of fused-ring (bicyclic) bond motifs is 3.